The van der Waals surface area contributed by atoms with Gasteiger partial charge < -0.3 is 9.52 Å². The minimum Gasteiger partial charge on any atom is -0.507 e. The summed E-state index contributed by atoms with van der Waals surface area (Å²) in [6.07, 6.45) is 0. The Morgan fingerprint density at radius 3 is 2.12 bits per heavy atom. The van der Waals surface area contributed by atoms with E-state index in [2.05, 4.69) is 0 Å². The topological polar surface area (TPSA) is 50.4 Å². The number of benzene rings is 2. The zero-order valence-electron chi connectivity index (χ0n) is 15.4. The van der Waals surface area contributed by atoms with E-state index in [0.717, 1.165) is 22.1 Å². The van der Waals surface area contributed by atoms with Crippen LogP contribution in [0.4, 0.5) is 0 Å². The summed E-state index contributed by atoms with van der Waals surface area (Å²) >= 11 is 0. The van der Waals surface area contributed by atoms with Gasteiger partial charge in [0, 0.05) is 10.9 Å². The summed E-state index contributed by atoms with van der Waals surface area (Å²) < 4.78 is 5.75. The first-order valence-corrected chi connectivity index (χ1v) is 8.70. The SMILES string of the molecule is Cc1oc2ccccc2c1C(=O)c1cc(C(C)C)c(O)c(C(C)C)c1. The van der Waals surface area contributed by atoms with Gasteiger partial charge in [0.2, 0.25) is 0 Å². The highest BCUT2D eigenvalue weighted by Crippen LogP contribution is 2.36. The number of para-hydroxylation sites is 1. The maximum absolute atomic E-state index is 13.3. The number of fused-ring (bicyclic) bond motifs is 1. The van der Waals surface area contributed by atoms with E-state index >= 15 is 0 Å². The van der Waals surface area contributed by atoms with Gasteiger partial charge in [0.1, 0.15) is 17.1 Å². The minimum absolute atomic E-state index is 0.0637. The van der Waals surface area contributed by atoms with E-state index in [1.54, 1.807) is 0 Å². The Balaban J connectivity index is 2.21. The molecule has 3 rings (SSSR count). The molecule has 0 aliphatic carbocycles. The molecule has 2 aromatic carbocycles. The highest BCUT2D eigenvalue weighted by atomic mass is 16.3. The normalized spacial score (nSPS) is 11.6. The zero-order chi connectivity index (χ0) is 18.3. The van der Waals surface area contributed by atoms with Crippen LogP contribution in [0.2, 0.25) is 0 Å². The third kappa shape index (κ3) is 2.95. The molecule has 3 nitrogen and oxygen atoms in total. The second-order valence-corrected chi connectivity index (χ2v) is 7.17. The fourth-order valence-corrected chi connectivity index (χ4v) is 3.29. The molecule has 25 heavy (non-hydrogen) atoms. The standard InChI is InChI=1S/C22H24O3/c1-12(2)17-10-15(11-18(13(3)4)22(17)24)21(23)20-14(5)25-19-9-7-6-8-16(19)20/h6-13,24H,1-5H3. The van der Waals surface area contributed by atoms with Gasteiger partial charge >= 0.3 is 0 Å². The maximum atomic E-state index is 13.3. The first-order valence-electron chi connectivity index (χ1n) is 8.70. The van der Waals surface area contributed by atoms with Crippen LogP contribution in [0.25, 0.3) is 11.0 Å². The van der Waals surface area contributed by atoms with Crippen molar-refractivity contribution < 1.29 is 14.3 Å². The van der Waals surface area contributed by atoms with Gasteiger partial charge in [-0.3, -0.25) is 4.79 Å². The van der Waals surface area contributed by atoms with Crippen LogP contribution in [0.5, 0.6) is 5.75 Å². The first-order chi connectivity index (χ1) is 11.8. The van der Waals surface area contributed by atoms with Crippen molar-refractivity contribution in [3.63, 3.8) is 0 Å². The number of phenols is 1. The summed E-state index contributed by atoms with van der Waals surface area (Å²) in [6, 6.07) is 11.2. The van der Waals surface area contributed by atoms with Crippen molar-refractivity contribution in [3.8, 4) is 5.75 Å². The van der Waals surface area contributed by atoms with Gasteiger partial charge in [-0.2, -0.15) is 0 Å². The molecule has 0 amide bonds. The fourth-order valence-electron chi connectivity index (χ4n) is 3.29. The molecule has 1 N–H and O–H groups in total. The minimum atomic E-state index is -0.0637. The molecule has 0 spiro atoms. The van der Waals surface area contributed by atoms with E-state index < -0.39 is 0 Å². The summed E-state index contributed by atoms with van der Waals surface area (Å²) in [6.45, 7) is 9.90. The quantitative estimate of drug-likeness (QED) is 0.601. The molecule has 1 aromatic heterocycles. The van der Waals surface area contributed by atoms with E-state index in [0.29, 0.717) is 22.6 Å². The Morgan fingerprint density at radius 2 is 1.56 bits per heavy atom. The van der Waals surface area contributed by atoms with Gasteiger partial charge in [0.15, 0.2) is 5.78 Å². The average Bonchev–Trinajstić information content (AvgIpc) is 2.89. The van der Waals surface area contributed by atoms with Crippen LogP contribution >= 0.6 is 0 Å². The number of rotatable bonds is 4. The fraction of sp³-hybridized carbons (Fsp3) is 0.318. The predicted octanol–water partition coefficient (Wildman–Crippen LogP) is 5.92. The zero-order valence-corrected chi connectivity index (χ0v) is 15.4. The first kappa shape index (κ1) is 17.3. The van der Waals surface area contributed by atoms with Crippen LogP contribution in [0.15, 0.2) is 40.8 Å². The van der Waals surface area contributed by atoms with E-state index in [1.807, 2.05) is 71.0 Å². The molecule has 3 aromatic rings. The summed E-state index contributed by atoms with van der Waals surface area (Å²) in [5.41, 5.74) is 3.53. The lowest BCUT2D eigenvalue weighted by atomic mass is 9.89. The summed E-state index contributed by atoms with van der Waals surface area (Å²) in [7, 11) is 0. The predicted molar refractivity (Wildman–Crippen MR) is 101 cm³/mol. The second-order valence-electron chi connectivity index (χ2n) is 7.17. The van der Waals surface area contributed by atoms with Crippen LogP contribution < -0.4 is 0 Å². The molecule has 0 radical (unpaired) electrons. The summed E-state index contributed by atoms with van der Waals surface area (Å²) in [5.74, 6) is 1.12. The summed E-state index contributed by atoms with van der Waals surface area (Å²) in [4.78, 5) is 13.3. The third-order valence-electron chi connectivity index (χ3n) is 4.67. The molecular weight excluding hydrogens is 312 g/mol. The molecule has 0 aliphatic rings. The van der Waals surface area contributed by atoms with Crippen LogP contribution in [-0.4, -0.2) is 10.9 Å². The van der Waals surface area contributed by atoms with E-state index in [1.165, 1.54) is 0 Å². The summed E-state index contributed by atoms with van der Waals surface area (Å²) in [5, 5.41) is 11.4. The molecule has 1 heterocycles. The van der Waals surface area contributed by atoms with Crippen molar-refractivity contribution in [2.75, 3.05) is 0 Å². The monoisotopic (exact) mass is 336 g/mol. The number of aryl methyl sites for hydroxylation is 1. The number of phenolic OH excluding ortho intramolecular Hbond substituents is 1. The van der Waals surface area contributed by atoms with Crippen LogP contribution in [0.3, 0.4) is 0 Å². The molecule has 3 heteroatoms. The third-order valence-corrected chi connectivity index (χ3v) is 4.67. The molecule has 0 bridgehead atoms. The lowest BCUT2D eigenvalue weighted by molar-refractivity contribution is 0.103. The average molecular weight is 336 g/mol. The van der Waals surface area contributed by atoms with E-state index in [9.17, 15) is 9.90 Å². The Morgan fingerprint density at radius 1 is 1.00 bits per heavy atom. The smallest absolute Gasteiger partial charge is 0.197 e. The number of hydrogen-bond donors (Lipinski definition) is 1. The van der Waals surface area contributed by atoms with Crippen LogP contribution in [0, 0.1) is 6.92 Å². The number of hydrogen-bond acceptors (Lipinski definition) is 3. The molecular formula is C22H24O3. The van der Waals surface area contributed by atoms with Crippen LogP contribution in [0.1, 0.15) is 72.3 Å². The molecule has 0 atom stereocenters. The lowest BCUT2D eigenvalue weighted by Gasteiger charge is -2.17. The van der Waals surface area contributed by atoms with Crippen LogP contribution in [-0.2, 0) is 0 Å². The van der Waals surface area contributed by atoms with Crippen molar-refractivity contribution in [2.24, 2.45) is 0 Å². The largest absolute Gasteiger partial charge is 0.507 e. The van der Waals surface area contributed by atoms with Gasteiger partial charge in [-0.15, -0.1) is 0 Å². The van der Waals surface area contributed by atoms with Crippen molar-refractivity contribution >= 4 is 16.8 Å². The lowest BCUT2D eigenvalue weighted by Crippen LogP contribution is -2.06. The van der Waals surface area contributed by atoms with Crippen molar-refractivity contribution in [1.82, 2.24) is 0 Å². The Kier molecular flexibility index (Phi) is 4.42. The maximum Gasteiger partial charge on any atom is 0.197 e. The number of carbonyl (C=O) groups is 1. The van der Waals surface area contributed by atoms with Gasteiger partial charge in [-0.25, -0.2) is 0 Å². The molecule has 0 saturated heterocycles. The molecule has 0 fully saturated rings. The van der Waals surface area contributed by atoms with Gasteiger partial charge in [0.05, 0.1) is 5.56 Å². The molecule has 130 valence electrons. The highest BCUT2D eigenvalue weighted by molar-refractivity contribution is 6.17. The second kappa shape index (κ2) is 6.40. The van der Waals surface area contributed by atoms with E-state index in [4.69, 9.17) is 4.42 Å². The van der Waals surface area contributed by atoms with Gasteiger partial charge in [-0.05, 0) is 48.1 Å². The van der Waals surface area contributed by atoms with Crippen molar-refractivity contribution in [2.45, 2.75) is 46.5 Å². The Labute approximate surface area is 148 Å². The van der Waals surface area contributed by atoms with E-state index in [-0.39, 0.29) is 17.6 Å². The number of furan rings is 1. The highest BCUT2D eigenvalue weighted by Gasteiger charge is 2.23. The Bertz CT molecular complexity index is 916. The molecule has 0 saturated carbocycles. The molecule has 0 aliphatic heterocycles. The van der Waals surface area contributed by atoms with Crippen molar-refractivity contribution in [1.29, 1.82) is 0 Å². The Hall–Kier alpha value is -2.55. The number of ketones is 1. The number of carbonyl (C=O) groups excluding carboxylic acids is 1. The number of aromatic hydroxyl groups is 1. The molecule has 0 unspecified atom stereocenters. The van der Waals surface area contributed by atoms with Gasteiger partial charge in [-0.1, -0.05) is 45.9 Å². The van der Waals surface area contributed by atoms with Gasteiger partial charge in [0.25, 0.3) is 0 Å². The van der Waals surface area contributed by atoms with Crippen molar-refractivity contribution in [3.05, 3.63) is 64.4 Å².